The van der Waals surface area contributed by atoms with Crippen molar-refractivity contribution in [2.75, 3.05) is 0 Å². The lowest BCUT2D eigenvalue weighted by molar-refractivity contribution is 0.562. The molecule has 1 atom stereocenters. The van der Waals surface area contributed by atoms with Crippen LogP contribution in [0, 0.1) is 27.7 Å². The number of aromatic nitrogens is 3. The first kappa shape index (κ1) is 15.1. The third kappa shape index (κ3) is 2.77. The molecule has 0 saturated carbocycles. The molecular weight excluding hydrogens is 296 g/mol. The number of rotatable bonds is 4. The first-order valence-electron chi connectivity index (χ1n) is 6.20. The number of nitrogens with one attached hydrogen (secondary N) is 2. The van der Waals surface area contributed by atoms with Gasteiger partial charge in [0, 0.05) is 4.88 Å². The van der Waals surface area contributed by atoms with Gasteiger partial charge in [-0.3, -0.25) is 5.10 Å². The van der Waals surface area contributed by atoms with Crippen LogP contribution in [0.3, 0.4) is 0 Å². The highest BCUT2D eigenvalue weighted by molar-refractivity contribution is 7.89. The first-order chi connectivity index (χ1) is 9.22. The van der Waals surface area contributed by atoms with Gasteiger partial charge in [0.25, 0.3) is 0 Å². The predicted molar refractivity (Wildman–Crippen MR) is 78.4 cm³/mol. The molecule has 0 spiro atoms. The SMILES string of the molecule is Cc1nc(C(C)NS(=O)(=O)c2c(C)n[nH]c2C)c(C)s1. The Balaban J connectivity index is 2.32. The van der Waals surface area contributed by atoms with Gasteiger partial charge in [-0.1, -0.05) is 0 Å². The summed E-state index contributed by atoms with van der Waals surface area (Å²) in [7, 11) is -3.61. The van der Waals surface area contributed by atoms with Gasteiger partial charge in [0.1, 0.15) is 4.90 Å². The van der Waals surface area contributed by atoms with Crippen LogP contribution in [-0.2, 0) is 10.0 Å². The fourth-order valence-corrected chi connectivity index (χ4v) is 4.72. The summed E-state index contributed by atoms with van der Waals surface area (Å²) >= 11 is 1.56. The lowest BCUT2D eigenvalue weighted by Crippen LogP contribution is -2.28. The molecule has 0 amide bonds. The molecule has 2 heterocycles. The Morgan fingerprint density at radius 2 is 1.90 bits per heavy atom. The van der Waals surface area contributed by atoms with E-state index in [0.29, 0.717) is 11.4 Å². The highest BCUT2D eigenvalue weighted by atomic mass is 32.2. The van der Waals surface area contributed by atoms with Crippen molar-refractivity contribution in [3.63, 3.8) is 0 Å². The standard InChI is InChI=1S/C12H18N4O2S2/c1-6(11-9(4)19-10(5)13-11)16-20(17,18)12-7(2)14-15-8(12)3/h6,16H,1-5H3,(H,14,15). The van der Waals surface area contributed by atoms with Crippen LogP contribution in [0.5, 0.6) is 0 Å². The second-order valence-corrected chi connectivity index (χ2v) is 7.84. The molecule has 0 aliphatic rings. The Labute approximate surface area is 122 Å². The van der Waals surface area contributed by atoms with Gasteiger partial charge >= 0.3 is 0 Å². The summed E-state index contributed by atoms with van der Waals surface area (Å²) in [4.78, 5) is 5.63. The lowest BCUT2D eigenvalue weighted by Gasteiger charge is -2.13. The Hall–Kier alpha value is -1.25. The average molecular weight is 314 g/mol. The number of nitrogens with zero attached hydrogens (tertiary/aromatic N) is 2. The molecule has 0 aliphatic carbocycles. The van der Waals surface area contributed by atoms with Crippen LogP contribution in [0.15, 0.2) is 4.90 Å². The van der Waals surface area contributed by atoms with Crippen molar-refractivity contribution in [3.8, 4) is 0 Å². The molecule has 2 aromatic rings. The average Bonchev–Trinajstić information content (AvgIpc) is 2.81. The second kappa shape index (κ2) is 5.27. The van der Waals surface area contributed by atoms with E-state index in [0.717, 1.165) is 15.6 Å². The van der Waals surface area contributed by atoms with E-state index in [1.54, 1.807) is 32.1 Å². The minimum absolute atomic E-state index is 0.217. The maximum atomic E-state index is 12.4. The molecule has 110 valence electrons. The van der Waals surface area contributed by atoms with Crippen molar-refractivity contribution >= 4 is 21.4 Å². The fourth-order valence-electron chi connectivity index (χ4n) is 2.23. The zero-order valence-electron chi connectivity index (χ0n) is 12.1. The molecule has 0 saturated heterocycles. The van der Waals surface area contributed by atoms with Gasteiger partial charge < -0.3 is 0 Å². The number of thiazole rings is 1. The molecule has 2 aromatic heterocycles. The number of aryl methyl sites for hydroxylation is 4. The van der Waals surface area contributed by atoms with Crippen LogP contribution in [0.1, 0.15) is 39.9 Å². The summed E-state index contributed by atoms with van der Waals surface area (Å²) in [5.74, 6) is 0. The summed E-state index contributed by atoms with van der Waals surface area (Å²) in [6.45, 7) is 9.01. The van der Waals surface area contributed by atoms with Gasteiger partial charge in [0.15, 0.2) is 0 Å². The molecule has 8 heteroatoms. The predicted octanol–water partition coefficient (Wildman–Crippen LogP) is 2.14. The Bertz CT molecular complexity index is 711. The van der Waals surface area contributed by atoms with E-state index in [9.17, 15) is 8.42 Å². The molecule has 0 aromatic carbocycles. The van der Waals surface area contributed by atoms with Crippen molar-refractivity contribution < 1.29 is 8.42 Å². The monoisotopic (exact) mass is 314 g/mol. The largest absolute Gasteiger partial charge is 0.281 e. The van der Waals surface area contributed by atoms with Crippen molar-refractivity contribution in [3.05, 3.63) is 27.0 Å². The molecular formula is C12H18N4O2S2. The van der Waals surface area contributed by atoms with E-state index in [2.05, 4.69) is 19.9 Å². The molecule has 0 fully saturated rings. The van der Waals surface area contributed by atoms with E-state index in [1.165, 1.54) is 0 Å². The van der Waals surface area contributed by atoms with Crippen LogP contribution in [0.2, 0.25) is 0 Å². The molecule has 0 aliphatic heterocycles. The van der Waals surface area contributed by atoms with Gasteiger partial charge in [-0.05, 0) is 34.6 Å². The Kier molecular flexibility index (Phi) is 3.99. The summed E-state index contributed by atoms with van der Waals surface area (Å²) < 4.78 is 27.5. The Morgan fingerprint density at radius 1 is 1.25 bits per heavy atom. The second-order valence-electron chi connectivity index (χ2n) is 4.78. The van der Waals surface area contributed by atoms with Gasteiger partial charge in [0.05, 0.1) is 28.1 Å². The zero-order valence-corrected chi connectivity index (χ0v) is 13.7. The molecule has 1 unspecified atom stereocenters. The minimum atomic E-state index is -3.61. The molecule has 2 rings (SSSR count). The summed E-state index contributed by atoms with van der Waals surface area (Å²) in [6.07, 6.45) is 0. The maximum absolute atomic E-state index is 12.4. The van der Waals surface area contributed by atoms with E-state index in [1.807, 2.05) is 13.8 Å². The van der Waals surface area contributed by atoms with Crippen LogP contribution < -0.4 is 4.72 Å². The van der Waals surface area contributed by atoms with E-state index in [-0.39, 0.29) is 10.9 Å². The fraction of sp³-hybridized carbons (Fsp3) is 0.500. The van der Waals surface area contributed by atoms with E-state index < -0.39 is 10.0 Å². The lowest BCUT2D eigenvalue weighted by atomic mass is 10.2. The van der Waals surface area contributed by atoms with Crippen LogP contribution in [0.25, 0.3) is 0 Å². The number of aromatic amines is 1. The first-order valence-corrected chi connectivity index (χ1v) is 8.50. The van der Waals surface area contributed by atoms with Crippen molar-refractivity contribution in [2.45, 2.75) is 45.6 Å². The van der Waals surface area contributed by atoms with Crippen LogP contribution in [-0.4, -0.2) is 23.6 Å². The van der Waals surface area contributed by atoms with E-state index in [4.69, 9.17) is 0 Å². The smallest absolute Gasteiger partial charge is 0.244 e. The van der Waals surface area contributed by atoms with Crippen molar-refractivity contribution in [1.29, 1.82) is 0 Å². The summed E-state index contributed by atoms with van der Waals surface area (Å²) in [5, 5.41) is 7.55. The topological polar surface area (TPSA) is 87.7 Å². The number of sulfonamides is 1. The molecule has 6 nitrogen and oxygen atoms in total. The zero-order chi connectivity index (χ0) is 15.1. The summed E-state index contributed by atoms with van der Waals surface area (Å²) in [6, 6.07) is -0.376. The van der Waals surface area contributed by atoms with Gasteiger partial charge in [-0.15, -0.1) is 11.3 Å². The number of hydrogen-bond acceptors (Lipinski definition) is 5. The third-order valence-electron chi connectivity index (χ3n) is 3.01. The molecule has 0 radical (unpaired) electrons. The molecule has 20 heavy (non-hydrogen) atoms. The summed E-state index contributed by atoms with van der Waals surface area (Å²) in [5.41, 5.74) is 1.77. The molecule has 2 N–H and O–H groups in total. The van der Waals surface area contributed by atoms with Crippen molar-refractivity contribution in [2.24, 2.45) is 0 Å². The Morgan fingerprint density at radius 3 is 2.35 bits per heavy atom. The number of H-pyrrole nitrogens is 1. The van der Waals surface area contributed by atoms with Crippen LogP contribution in [0.4, 0.5) is 0 Å². The van der Waals surface area contributed by atoms with Gasteiger partial charge in [0.2, 0.25) is 10.0 Å². The van der Waals surface area contributed by atoms with Crippen molar-refractivity contribution in [1.82, 2.24) is 19.9 Å². The van der Waals surface area contributed by atoms with Gasteiger partial charge in [-0.25, -0.2) is 18.1 Å². The quantitative estimate of drug-likeness (QED) is 0.905. The molecule has 0 bridgehead atoms. The van der Waals surface area contributed by atoms with Crippen LogP contribution >= 0.6 is 11.3 Å². The van der Waals surface area contributed by atoms with Gasteiger partial charge in [-0.2, -0.15) is 5.10 Å². The number of hydrogen-bond donors (Lipinski definition) is 2. The highest BCUT2D eigenvalue weighted by Gasteiger charge is 2.26. The third-order valence-corrected chi connectivity index (χ3v) is 5.72. The maximum Gasteiger partial charge on any atom is 0.244 e. The van der Waals surface area contributed by atoms with E-state index >= 15 is 0 Å². The normalized spacial score (nSPS) is 13.7. The minimum Gasteiger partial charge on any atom is -0.281 e. The highest BCUT2D eigenvalue weighted by Crippen LogP contribution is 2.25.